The summed E-state index contributed by atoms with van der Waals surface area (Å²) in [5.41, 5.74) is 0. The van der Waals surface area contributed by atoms with Gasteiger partial charge < -0.3 is 14.8 Å². The van der Waals surface area contributed by atoms with Crippen LogP contribution in [0.3, 0.4) is 0 Å². The molecule has 134 valence electrons. The van der Waals surface area contributed by atoms with E-state index in [1.807, 2.05) is 0 Å². The lowest BCUT2D eigenvalue weighted by Crippen LogP contribution is -2.31. The highest BCUT2D eigenvalue weighted by atomic mass is 35.5. The van der Waals surface area contributed by atoms with Crippen LogP contribution < -0.4 is 10.1 Å². The van der Waals surface area contributed by atoms with Crippen molar-refractivity contribution >= 4 is 27.5 Å². The van der Waals surface area contributed by atoms with Gasteiger partial charge in [0.1, 0.15) is 5.75 Å². The van der Waals surface area contributed by atoms with Crippen LogP contribution in [0.15, 0.2) is 23.1 Å². The topological polar surface area (TPSA) is 84.9 Å². The van der Waals surface area contributed by atoms with E-state index in [0.717, 1.165) is 12.8 Å². The Kier molecular flexibility index (Phi) is 6.85. The number of halogens is 1. The minimum absolute atomic E-state index is 0.131. The second-order valence-corrected chi connectivity index (χ2v) is 7.68. The van der Waals surface area contributed by atoms with E-state index in [1.54, 1.807) is 7.11 Å². The van der Waals surface area contributed by atoms with Gasteiger partial charge in [0, 0.05) is 26.7 Å². The molecule has 1 heterocycles. The molecule has 0 saturated carbocycles. The maximum Gasteiger partial charge on any atom is 0.258 e. The van der Waals surface area contributed by atoms with E-state index in [0.29, 0.717) is 26.2 Å². The first kappa shape index (κ1) is 19.0. The second kappa shape index (κ2) is 8.66. The summed E-state index contributed by atoms with van der Waals surface area (Å²) in [6.07, 6.45) is 1.73. The second-order valence-electron chi connectivity index (χ2n) is 5.33. The predicted octanol–water partition coefficient (Wildman–Crippen LogP) is 1.27. The molecule has 9 heteroatoms. The number of hydrogen-bond donors (Lipinski definition) is 1. The zero-order chi connectivity index (χ0) is 17.6. The molecule has 0 spiro atoms. The summed E-state index contributed by atoms with van der Waals surface area (Å²) in [4.78, 5) is 11.7. The molecule has 7 nitrogen and oxygen atoms in total. The summed E-state index contributed by atoms with van der Waals surface area (Å²) in [6.45, 7) is 1.65. The van der Waals surface area contributed by atoms with Crippen LogP contribution in [-0.4, -0.2) is 58.6 Å². The van der Waals surface area contributed by atoms with Crippen LogP contribution in [0.25, 0.3) is 0 Å². The number of ether oxygens (including phenoxy) is 2. The van der Waals surface area contributed by atoms with Crippen molar-refractivity contribution < 1.29 is 22.7 Å². The lowest BCUT2D eigenvalue weighted by molar-refractivity contribution is -0.123. The summed E-state index contributed by atoms with van der Waals surface area (Å²) in [6, 6.07) is 4.26. The first-order chi connectivity index (χ1) is 11.4. The molecule has 1 aromatic carbocycles. The van der Waals surface area contributed by atoms with Gasteiger partial charge in [0.2, 0.25) is 10.0 Å². The highest BCUT2D eigenvalue weighted by Crippen LogP contribution is 2.29. The van der Waals surface area contributed by atoms with E-state index in [2.05, 4.69) is 5.32 Å². The minimum Gasteiger partial charge on any atom is -0.482 e. The molecule has 1 fully saturated rings. The highest BCUT2D eigenvalue weighted by molar-refractivity contribution is 7.89. The third-order valence-corrected chi connectivity index (χ3v) is 5.78. The smallest absolute Gasteiger partial charge is 0.258 e. The summed E-state index contributed by atoms with van der Waals surface area (Å²) in [5.74, 6) is -0.0455. The molecule has 0 aromatic heterocycles. The normalized spacial score (nSPS) is 15.4. The van der Waals surface area contributed by atoms with Crippen molar-refractivity contribution in [3.63, 3.8) is 0 Å². The standard InChI is InChI=1S/C15H21ClN2O5S/c1-22-9-6-17-15(19)11-23-14-5-4-12(10-13(14)16)24(20,21)18-7-2-3-8-18/h4-5,10H,2-3,6-9,11H2,1H3,(H,17,19). The molecule has 1 aliphatic rings. The van der Waals surface area contributed by atoms with Gasteiger partial charge in [-0.25, -0.2) is 8.42 Å². The Balaban J connectivity index is 1.98. The SMILES string of the molecule is COCCNC(=O)COc1ccc(S(=O)(=O)N2CCCC2)cc1Cl. The van der Waals surface area contributed by atoms with Crippen LogP contribution >= 0.6 is 11.6 Å². The van der Waals surface area contributed by atoms with Crippen molar-refractivity contribution in [3.05, 3.63) is 23.2 Å². The number of carbonyl (C=O) groups is 1. The molecule has 1 aromatic rings. The summed E-state index contributed by atoms with van der Waals surface area (Å²) in [5, 5.41) is 2.76. The van der Waals surface area contributed by atoms with Gasteiger partial charge in [0.25, 0.3) is 5.91 Å². The fourth-order valence-electron chi connectivity index (χ4n) is 2.32. The van der Waals surface area contributed by atoms with Crippen LogP contribution in [-0.2, 0) is 19.6 Å². The van der Waals surface area contributed by atoms with Gasteiger partial charge in [0.15, 0.2) is 6.61 Å². The van der Waals surface area contributed by atoms with Crippen LogP contribution in [0, 0.1) is 0 Å². The van der Waals surface area contributed by atoms with E-state index in [1.165, 1.54) is 22.5 Å². The number of hydrogen-bond acceptors (Lipinski definition) is 5. The van der Waals surface area contributed by atoms with Crippen molar-refractivity contribution in [2.45, 2.75) is 17.7 Å². The van der Waals surface area contributed by atoms with Crippen LogP contribution in [0.4, 0.5) is 0 Å². The Labute approximate surface area is 146 Å². The Morgan fingerprint density at radius 1 is 1.33 bits per heavy atom. The van der Waals surface area contributed by atoms with Gasteiger partial charge in [-0.2, -0.15) is 4.31 Å². The fourth-order valence-corrected chi connectivity index (χ4v) is 4.17. The van der Waals surface area contributed by atoms with Crippen molar-refractivity contribution in [1.82, 2.24) is 9.62 Å². The third kappa shape index (κ3) is 4.83. The molecule has 0 bridgehead atoms. The molecular weight excluding hydrogens is 356 g/mol. The van der Waals surface area contributed by atoms with E-state index < -0.39 is 10.0 Å². The molecule has 2 rings (SSSR count). The maximum atomic E-state index is 12.5. The molecule has 0 atom stereocenters. The average molecular weight is 377 g/mol. The number of carbonyl (C=O) groups excluding carboxylic acids is 1. The number of nitrogens with zero attached hydrogens (tertiary/aromatic N) is 1. The zero-order valence-electron chi connectivity index (χ0n) is 13.5. The molecule has 24 heavy (non-hydrogen) atoms. The average Bonchev–Trinajstić information content (AvgIpc) is 3.09. The number of benzene rings is 1. The van der Waals surface area contributed by atoms with Crippen molar-refractivity contribution in [2.75, 3.05) is 40.0 Å². The third-order valence-electron chi connectivity index (χ3n) is 3.59. The first-order valence-electron chi connectivity index (χ1n) is 7.63. The number of nitrogens with one attached hydrogen (secondary N) is 1. The van der Waals surface area contributed by atoms with Gasteiger partial charge in [0.05, 0.1) is 16.5 Å². The number of rotatable bonds is 8. The van der Waals surface area contributed by atoms with Crippen molar-refractivity contribution in [2.24, 2.45) is 0 Å². The largest absolute Gasteiger partial charge is 0.482 e. The predicted molar refractivity (Wildman–Crippen MR) is 89.8 cm³/mol. The minimum atomic E-state index is -3.52. The number of methoxy groups -OCH3 is 1. The zero-order valence-corrected chi connectivity index (χ0v) is 15.0. The Morgan fingerprint density at radius 2 is 2.04 bits per heavy atom. The lowest BCUT2D eigenvalue weighted by atomic mass is 10.3. The summed E-state index contributed by atoms with van der Waals surface area (Å²) < 4.78 is 36.5. The molecule has 0 unspecified atom stereocenters. The monoisotopic (exact) mass is 376 g/mol. The van der Waals surface area contributed by atoms with Crippen molar-refractivity contribution in [1.29, 1.82) is 0 Å². The van der Waals surface area contributed by atoms with E-state index >= 15 is 0 Å². The summed E-state index contributed by atoms with van der Waals surface area (Å²) in [7, 11) is -1.98. The Morgan fingerprint density at radius 3 is 2.67 bits per heavy atom. The molecule has 1 amide bonds. The van der Waals surface area contributed by atoms with E-state index in [-0.39, 0.29) is 28.2 Å². The maximum absolute atomic E-state index is 12.5. The number of sulfonamides is 1. The van der Waals surface area contributed by atoms with Gasteiger partial charge in [-0.05, 0) is 31.0 Å². The van der Waals surface area contributed by atoms with Gasteiger partial charge in [-0.15, -0.1) is 0 Å². The first-order valence-corrected chi connectivity index (χ1v) is 9.45. The summed E-state index contributed by atoms with van der Waals surface area (Å²) >= 11 is 6.09. The highest BCUT2D eigenvalue weighted by Gasteiger charge is 2.27. The Bertz CT molecular complexity index is 674. The van der Waals surface area contributed by atoms with Gasteiger partial charge in [-0.1, -0.05) is 11.6 Å². The molecule has 1 N–H and O–H groups in total. The van der Waals surface area contributed by atoms with E-state index in [4.69, 9.17) is 21.1 Å². The van der Waals surface area contributed by atoms with Gasteiger partial charge >= 0.3 is 0 Å². The van der Waals surface area contributed by atoms with Crippen LogP contribution in [0.2, 0.25) is 5.02 Å². The fraction of sp³-hybridized carbons (Fsp3) is 0.533. The van der Waals surface area contributed by atoms with Gasteiger partial charge in [-0.3, -0.25) is 4.79 Å². The lowest BCUT2D eigenvalue weighted by Gasteiger charge is -2.16. The van der Waals surface area contributed by atoms with Crippen LogP contribution in [0.1, 0.15) is 12.8 Å². The van der Waals surface area contributed by atoms with Crippen LogP contribution in [0.5, 0.6) is 5.75 Å². The molecule has 0 aliphatic carbocycles. The molecule has 1 aliphatic heterocycles. The van der Waals surface area contributed by atoms with E-state index in [9.17, 15) is 13.2 Å². The number of amides is 1. The quantitative estimate of drug-likeness (QED) is 0.690. The molecule has 1 saturated heterocycles. The Hall–Kier alpha value is -1.35. The molecule has 0 radical (unpaired) electrons. The molecular formula is C15H21ClN2O5S. The van der Waals surface area contributed by atoms with Crippen molar-refractivity contribution in [3.8, 4) is 5.75 Å².